The van der Waals surface area contributed by atoms with Gasteiger partial charge in [-0.2, -0.15) is 0 Å². The van der Waals surface area contributed by atoms with Gasteiger partial charge in [-0.05, 0) is 79.8 Å². The van der Waals surface area contributed by atoms with Gasteiger partial charge in [0.15, 0.2) is 5.84 Å². The van der Waals surface area contributed by atoms with Crippen LogP contribution in [0.1, 0.15) is 79.2 Å². The maximum absolute atomic E-state index is 13.7. The first-order valence-corrected chi connectivity index (χ1v) is 17.0. The van der Waals surface area contributed by atoms with Gasteiger partial charge in [0.25, 0.3) is 5.91 Å². The highest BCUT2D eigenvalue weighted by atomic mass is 32.1. The lowest BCUT2D eigenvalue weighted by Crippen LogP contribution is -2.49. The lowest BCUT2D eigenvalue weighted by atomic mass is 9.79. The summed E-state index contributed by atoms with van der Waals surface area (Å²) < 4.78 is 18.9. The van der Waals surface area contributed by atoms with Gasteiger partial charge in [-0.3, -0.25) is 24.6 Å². The maximum atomic E-state index is 13.7. The molecule has 1 aliphatic heterocycles. The molecule has 1 aliphatic carbocycles. The fourth-order valence-corrected chi connectivity index (χ4v) is 7.19. The van der Waals surface area contributed by atoms with E-state index in [1.807, 2.05) is 6.92 Å². The van der Waals surface area contributed by atoms with E-state index in [0.29, 0.717) is 41.5 Å². The van der Waals surface area contributed by atoms with Crippen LogP contribution in [0.15, 0.2) is 60.0 Å². The van der Waals surface area contributed by atoms with Crippen LogP contribution < -0.4 is 20.9 Å². The van der Waals surface area contributed by atoms with E-state index in [2.05, 4.69) is 21.0 Å². The van der Waals surface area contributed by atoms with Crippen molar-refractivity contribution in [1.29, 1.82) is 5.41 Å². The summed E-state index contributed by atoms with van der Waals surface area (Å²) in [5, 5.41) is 15.6. The van der Waals surface area contributed by atoms with Crippen LogP contribution in [0.3, 0.4) is 0 Å². The lowest BCUT2D eigenvalue weighted by molar-refractivity contribution is -0.145. The van der Waals surface area contributed by atoms with Crippen molar-refractivity contribution < 1.29 is 33.1 Å². The van der Waals surface area contributed by atoms with E-state index in [9.17, 15) is 23.6 Å². The summed E-state index contributed by atoms with van der Waals surface area (Å²) in [7, 11) is 0. The van der Waals surface area contributed by atoms with Gasteiger partial charge in [-0.15, -0.1) is 11.3 Å². The number of hydroxylamine groups is 1. The molecule has 2 heterocycles. The molecular weight excluding hydrogens is 637 g/mol. The molecule has 13 heteroatoms. The molecule has 2 aromatic carbocycles. The van der Waals surface area contributed by atoms with Crippen LogP contribution in [0.5, 0.6) is 11.5 Å². The predicted molar refractivity (Wildman–Crippen MR) is 178 cm³/mol. The van der Waals surface area contributed by atoms with E-state index in [-0.39, 0.29) is 35.9 Å². The summed E-state index contributed by atoms with van der Waals surface area (Å²) in [5.41, 5.74) is 3.15. The van der Waals surface area contributed by atoms with Crippen LogP contribution in [0.4, 0.5) is 4.39 Å². The molecule has 0 bridgehead atoms. The zero-order valence-corrected chi connectivity index (χ0v) is 27.7. The Hall–Kier alpha value is -4.78. The Morgan fingerprint density at radius 1 is 0.979 bits per heavy atom. The van der Waals surface area contributed by atoms with Gasteiger partial charge in [0.2, 0.25) is 11.8 Å². The second kappa shape index (κ2) is 15.9. The average Bonchev–Trinajstić information content (AvgIpc) is 3.77. The molecule has 3 aromatic rings. The Labute approximate surface area is 282 Å². The number of nitrogens with one attached hydrogen (secondary N) is 4. The summed E-state index contributed by atoms with van der Waals surface area (Å²) in [6.45, 7) is 3.28. The number of amides is 3. The van der Waals surface area contributed by atoms with Gasteiger partial charge < -0.3 is 25.1 Å². The molecular formula is C35H40FN5O6S. The number of benzene rings is 2. The van der Waals surface area contributed by atoms with Crippen molar-refractivity contribution in [3.05, 3.63) is 81.8 Å². The first-order valence-electron chi connectivity index (χ1n) is 16.1. The van der Waals surface area contributed by atoms with Gasteiger partial charge in [0.05, 0.1) is 12.6 Å². The molecule has 3 amide bonds. The molecule has 2 fully saturated rings. The van der Waals surface area contributed by atoms with E-state index in [1.165, 1.54) is 48.9 Å². The number of carbonyl (C=O) groups is 4. The second-order valence-corrected chi connectivity index (χ2v) is 13.2. The van der Waals surface area contributed by atoms with Crippen LogP contribution >= 0.6 is 11.3 Å². The summed E-state index contributed by atoms with van der Waals surface area (Å²) in [6.07, 6.45) is 6.23. The topological polar surface area (TPSA) is 150 Å². The minimum absolute atomic E-state index is 0.0783. The van der Waals surface area contributed by atoms with E-state index in [4.69, 9.17) is 10.1 Å². The number of ether oxygens (including phenoxy) is 1. The summed E-state index contributed by atoms with van der Waals surface area (Å²) >= 11 is 1.36. The molecule has 1 saturated heterocycles. The Morgan fingerprint density at radius 2 is 1.65 bits per heavy atom. The third-order valence-electron chi connectivity index (χ3n) is 8.83. The Bertz CT molecular complexity index is 1620. The van der Waals surface area contributed by atoms with Crippen LogP contribution in [0, 0.1) is 23.1 Å². The Morgan fingerprint density at radius 3 is 2.31 bits per heavy atom. The Balaban J connectivity index is 1.20. The molecule has 2 aliphatic rings. The minimum atomic E-state index is -0.671. The SMILES string of the molecule is CC(=O)ONC(=N)c1csc(C(C)NC(=O)[C@@H]2C[C@H](C3CCCCC3)CN2C(=O)CNC(=O)c2ccc(Oc3ccc(F)cc3)cc2)c1. The van der Waals surface area contributed by atoms with Crippen LogP contribution in [-0.2, 0) is 19.2 Å². The highest BCUT2D eigenvalue weighted by molar-refractivity contribution is 7.10. The molecule has 5 rings (SSSR count). The van der Waals surface area contributed by atoms with Gasteiger partial charge in [0, 0.05) is 34.9 Å². The first-order chi connectivity index (χ1) is 23.1. The fraction of sp³-hybridized carbons (Fsp3) is 0.400. The molecule has 48 heavy (non-hydrogen) atoms. The average molecular weight is 678 g/mol. The van der Waals surface area contributed by atoms with Gasteiger partial charge in [0.1, 0.15) is 23.4 Å². The zero-order chi connectivity index (χ0) is 34.2. The fourth-order valence-electron chi connectivity index (χ4n) is 6.29. The highest BCUT2D eigenvalue weighted by Gasteiger charge is 2.42. The molecule has 3 atom stereocenters. The third-order valence-corrected chi connectivity index (χ3v) is 9.95. The number of carbonyl (C=O) groups excluding carboxylic acids is 4. The second-order valence-electron chi connectivity index (χ2n) is 12.3. The molecule has 0 spiro atoms. The van der Waals surface area contributed by atoms with E-state index in [1.54, 1.807) is 40.6 Å². The van der Waals surface area contributed by atoms with Crippen molar-refractivity contribution in [2.45, 2.75) is 64.5 Å². The number of likely N-dealkylation sites (tertiary alicyclic amines) is 1. The van der Waals surface area contributed by atoms with Crippen LogP contribution in [0.2, 0.25) is 0 Å². The molecule has 0 radical (unpaired) electrons. The van der Waals surface area contributed by atoms with Crippen molar-refractivity contribution in [2.75, 3.05) is 13.1 Å². The monoisotopic (exact) mass is 677 g/mol. The number of hydrogen-bond acceptors (Lipinski definition) is 8. The molecule has 254 valence electrons. The molecule has 11 nitrogen and oxygen atoms in total. The quantitative estimate of drug-likeness (QED) is 0.126. The molecule has 1 unspecified atom stereocenters. The molecule has 1 saturated carbocycles. The molecule has 4 N–H and O–H groups in total. The van der Waals surface area contributed by atoms with E-state index in [0.717, 1.165) is 30.6 Å². The van der Waals surface area contributed by atoms with Gasteiger partial charge in [-0.1, -0.05) is 32.1 Å². The van der Waals surface area contributed by atoms with Crippen LogP contribution in [0.25, 0.3) is 0 Å². The van der Waals surface area contributed by atoms with Crippen molar-refractivity contribution in [3.8, 4) is 11.5 Å². The lowest BCUT2D eigenvalue weighted by Gasteiger charge is -2.27. The summed E-state index contributed by atoms with van der Waals surface area (Å²) in [6, 6.07) is 12.7. The molecule has 1 aromatic heterocycles. The van der Waals surface area contributed by atoms with Crippen molar-refractivity contribution in [2.24, 2.45) is 11.8 Å². The summed E-state index contributed by atoms with van der Waals surface area (Å²) in [4.78, 5) is 58.4. The van der Waals surface area contributed by atoms with Crippen molar-refractivity contribution in [1.82, 2.24) is 21.0 Å². The first kappa shape index (κ1) is 34.6. The number of amidine groups is 1. The zero-order valence-electron chi connectivity index (χ0n) is 26.9. The summed E-state index contributed by atoms with van der Waals surface area (Å²) in [5.74, 6) is -0.460. The normalized spacial score (nSPS) is 18.4. The van der Waals surface area contributed by atoms with E-state index < -0.39 is 24.0 Å². The number of nitrogens with zero attached hydrogens (tertiary/aromatic N) is 1. The predicted octanol–water partition coefficient (Wildman–Crippen LogP) is 5.48. The van der Waals surface area contributed by atoms with Crippen molar-refractivity contribution in [3.63, 3.8) is 0 Å². The number of halogens is 1. The Kier molecular flexibility index (Phi) is 11.4. The van der Waals surface area contributed by atoms with E-state index >= 15 is 0 Å². The van der Waals surface area contributed by atoms with Gasteiger partial charge in [-0.25, -0.2) is 9.87 Å². The van der Waals surface area contributed by atoms with Gasteiger partial charge >= 0.3 is 5.97 Å². The number of rotatable bonds is 10. The smallest absolute Gasteiger partial charge is 0.329 e. The largest absolute Gasteiger partial charge is 0.457 e. The number of hydrogen-bond donors (Lipinski definition) is 4. The highest BCUT2D eigenvalue weighted by Crippen LogP contribution is 2.38. The van der Waals surface area contributed by atoms with Crippen LogP contribution in [-0.4, -0.2) is 53.6 Å². The standard InChI is InChI=1S/C35H40FN5O6S/c1-21(31-17-26(20-48-31)33(37)40-47-22(2)42)39-35(45)30-16-25(23-6-4-3-5-7-23)19-41(30)32(43)18-38-34(44)24-8-12-28(13-9-24)46-29-14-10-27(36)11-15-29/h8-15,17,20-21,23,25,30H,3-7,16,18-19H2,1-2H3,(H2,37,40)(H,38,44)(H,39,45)/t21?,25-,30-/m0/s1. The minimum Gasteiger partial charge on any atom is -0.457 e. The maximum Gasteiger partial charge on any atom is 0.329 e. The van der Waals surface area contributed by atoms with Crippen molar-refractivity contribution >= 4 is 40.9 Å². The third kappa shape index (κ3) is 8.97. The number of thiophene rings is 1.